The summed E-state index contributed by atoms with van der Waals surface area (Å²) in [6.07, 6.45) is -0.0223. The molecule has 1 N–H and O–H groups in total. The molecule has 0 saturated heterocycles. The summed E-state index contributed by atoms with van der Waals surface area (Å²) < 4.78 is 19.3. The van der Waals surface area contributed by atoms with Crippen molar-refractivity contribution in [2.45, 2.75) is 12.5 Å². The van der Waals surface area contributed by atoms with Crippen LogP contribution < -0.4 is 5.32 Å². The number of halogens is 2. The van der Waals surface area contributed by atoms with Gasteiger partial charge in [0.1, 0.15) is 11.9 Å². The molecule has 1 aliphatic heterocycles. The number of esters is 1. The van der Waals surface area contributed by atoms with Crippen LogP contribution in [0.2, 0.25) is 5.02 Å². The molecule has 1 unspecified atom stereocenters. The Morgan fingerprint density at radius 1 is 1.07 bits per heavy atom. The van der Waals surface area contributed by atoms with E-state index in [0.29, 0.717) is 28.1 Å². The van der Waals surface area contributed by atoms with Crippen molar-refractivity contribution in [2.75, 3.05) is 5.32 Å². The topological polar surface area (TPSA) is 55.4 Å². The molecule has 6 heteroatoms. The molecule has 3 aromatic carbocycles. The second kappa shape index (κ2) is 7.44. The van der Waals surface area contributed by atoms with Gasteiger partial charge in [-0.3, -0.25) is 4.79 Å². The van der Waals surface area contributed by atoms with Gasteiger partial charge in [-0.1, -0.05) is 35.9 Å². The third kappa shape index (κ3) is 3.62. The maximum Gasteiger partial charge on any atom is 0.339 e. The monoisotopic (exact) mass is 395 g/mol. The Hall–Kier alpha value is -3.18. The number of benzene rings is 3. The largest absolute Gasteiger partial charge is 0.454 e. The van der Waals surface area contributed by atoms with Gasteiger partial charge in [-0.2, -0.15) is 0 Å². The summed E-state index contributed by atoms with van der Waals surface area (Å²) in [7, 11) is 0. The minimum Gasteiger partial charge on any atom is -0.454 e. The van der Waals surface area contributed by atoms with E-state index < -0.39 is 23.8 Å². The van der Waals surface area contributed by atoms with Crippen LogP contribution in [0.15, 0.2) is 66.7 Å². The van der Waals surface area contributed by atoms with Crippen LogP contribution in [0, 0.1) is 5.82 Å². The molecule has 0 fully saturated rings. The molecular formula is C22H15ClFNO3. The number of ether oxygens (including phenoxy) is 1. The first-order valence-corrected chi connectivity index (χ1v) is 9.04. The Bertz CT molecular complexity index is 1070. The zero-order valence-corrected chi connectivity index (χ0v) is 15.4. The van der Waals surface area contributed by atoms with Gasteiger partial charge in [0.15, 0.2) is 0 Å². The Labute approximate surface area is 165 Å². The molecule has 3 aromatic rings. The van der Waals surface area contributed by atoms with Crippen molar-refractivity contribution in [2.24, 2.45) is 0 Å². The SMILES string of the molecule is O=C(Nc1ccccc1F)c1ccc2c(c1)CC(c1ccc(Cl)cc1)OC2=O. The van der Waals surface area contributed by atoms with Crippen LogP contribution >= 0.6 is 11.6 Å². The summed E-state index contributed by atoms with van der Waals surface area (Å²) in [5, 5.41) is 3.14. The minimum absolute atomic E-state index is 0.101. The lowest BCUT2D eigenvalue weighted by Gasteiger charge is -2.25. The lowest BCUT2D eigenvalue weighted by molar-refractivity contribution is 0.0252. The van der Waals surface area contributed by atoms with Crippen LogP contribution in [0.4, 0.5) is 10.1 Å². The van der Waals surface area contributed by atoms with E-state index in [9.17, 15) is 14.0 Å². The summed E-state index contributed by atoms with van der Waals surface area (Å²) in [5.41, 5.74) is 2.39. The molecule has 140 valence electrons. The Kier molecular flexibility index (Phi) is 4.84. The number of nitrogens with one attached hydrogen (secondary N) is 1. The van der Waals surface area contributed by atoms with E-state index >= 15 is 0 Å². The number of para-hydroxylation sites is 1. The highest BCUT2D eigenvalue weighted by molar-refractivity contribution is 6.30. The first-order valence-electron chi connectivity index (χ1n) is 8.66. The normalized spacial score (nSPS) is 15.5. The zero-order valence-electron chi connectivity index (χ0n) is 14.6. The summed E-state index contributed by atoms with van der Waals surface area (Å²) in [6, 6.07) is 17.8. The average molecular weight is 396 g/mol. The minimum atomic E-state index is -0.514. The van der Waals surface area contributed by atoms with E-state index in [4.69, 9.17) is 16.3 Å². The second-order valence-electron chi connectivity index (χ2n) is 6.46. The third-order valence-electron chi connectivity index (χ3n) is 4.61. The number of rotatable bonds is 3. The molecule has 0 radical (unpaired) electrons. The Morgan fingerprint density at radius 2 is 1.82 bits per heavy atom. The molecular weight excluding hydrogens is 381 g/mol. The van der Waals surface area contributed by atoms with Crippen LogP contribution in [-0.4, -0.2) is 11.9 Å². The van der Waals surface area contributed by atoms with E-state index in [1.54, 1.807) is 48.5 Å². The number of carbonyl (C=O) groups is 2. The Balaban J connectivity index is 1.60. The fourth-order valence-corrected chi connectivity index (χ4v) is 3.28. The van der Waals surface area contributed by atoms with E-state index in [0.717, 1.165) is 5.56 Å². The Morgan fingerprint density at radius 3 is 2.57 bits per heavy atom. The lowest BCUT2D eigenvalue weighted by atomic mass is 9.93. The molecule has 0 bridgehead atoms. The maximum atomic E-state index is 13.8. The molecule has 1 heterocycles. The molecule has 1 amide bonds. The van der Waals surface area contributed by atoms with Gasteiger partial charge in [0.2, 0.25) is 0 Å². The number of carbonyl (C=O) groups excluding carboxylic acids is 2. The summed E-state index contributed by atoms with van der Waals surface area (Å²) >= 11 is 5.91. The quantitative estimate of drug-likeness (QED) is 0.621. The smallest absolute Gasteiger partial charge is 0.339 e. The average Bonchev–Trinajstić information content (AvgIpc) is 2.69. The van der Waals surface area contributed by atoms with Gasteiger partial charge < -0.3 is 10.1 Å². The number of anilines is 1. The third-order valence-corrected chi connectivity index (χ3v) is 4.86. The van der Waals surface area contributed by atoms with Crippen LogP contribution in [-0.2, 0) is 11.2 Å². The van der Waals surface area contributed by atoms with E-state index in [1.807, 2.05) is 0 Å². The van der Waals surface area contributed by atoms with E-state index in [-0.39, 0.29) is 5.69 Å². The van der Waals surface area contributed by atoms with Gasteiger partial charge in [-0.25, -0.2) is 9.18 Å². The number of hydrogen-bond acceptors (Lipinski definition) is 3. The van der Waals surface area contributed by atoms with E-state index in [2.05, 4.69) is 5.32 Å². The summed E-state index contributed by atoms with van der Waals surface area (Å²) in [5.74, 6) is -1.41. The molecule has 4 nitrogen and oxygen atoms in total. The van der Waals surface area contributed by atoms with Crippen molar-refractivity contribution >= 4 is 29.2 Å². The van der Waals surface area contributed by atoms with Crippen molar-refractivity contribution in [1.82, 2.24) is 0 Å². The van der Waals surface area contributed by atoms with Crippen molar-refractivity contribution in [3.8, 4) is 0 Å². The van der Waals surface area contributed by atoms with Crippen molar-refractivity contribution in [3.63, 3.8) is 0 Å². The standard InChI is InChI=1S/C22H15ClFNO3/c23-16-8-5-13(6-9-16)20-12-15-11-14(7-10-17(15)22(27)28-20)21(26)25-19-4-2-1-3-18(19)24/h1-11,20H,12H2,(H,25,26). The lowest BCUT2D eigenvalue weighted by Crippen LogP contribution is -2.23. The summed E-state index contributed by atoms with van der Waals surface area (Å²) in [6.45, 7) is 0. The number of amides is 1. The van der Waals surface area contributed by atoms with Gasteiger partial charge in [-0.15, -0.1) is 0 Å². The summed E-state index contributed by atoms with van der Waals surface area (Å²) in [4.78, 5) is 24.9. The van der Waals surface area contributed by atoms with Gasteiger partial charge in [0.25, 0.3) is 5.91 Å². The first kappa shape index (κ1) is 18.2. The molecule has 1 aliphatic rings. The number of cyclic esters (lactones) is 1. The van der Waals surface area contributed by atoms with Crippen LogP contribution in [0.1, 0.15) is 37.9 Å². The second-order valence-corrected chi connectivity index (χ2v) is 6.89. The highest BCUT2D eigenvalue weighted by Gasteiger charge is 2.28. The first-order chi connectivity index (χ1) is 13.5. The number of hydrogen-bond donors (Lipinski definition) is 1. The molecule has 0 aliphatic carbocycles. The maximum absolute atomic E-state index is 13.8. The van der Waals surface area contributed by atoms with Crippen molar-refractivity contribution in [3.05, 3.63) is 99.8 Å². The van der Waals surface area contributed by atoms with Crippen molar-refractivity contribution < 1.29 is 18.7 Å². The highest BCUT2D eigenvalue weighted by Crippen LogP contribution is 2.31. The fraction of sp³-hybridized carbons (Fsp3) is 0.0909. The van der Waals surface area contributed by atoms with Crippen LogP contribution in [0.5, 0.6) is 0 Å². The van der Waals surface area contributed by atoms with Crippen LogP contribution in [0.25, 0.3) is 0 Å². The molecule has 0 saturated carbocycles. The van der Waals surface area contributed by atoms with Crippen LogP contribution in [0.3, 0.4) is 0 Å². The van der Waals surface area contributed by atoms with Gasteiger partial charge in [0, 0.05) is 17.0 Å². The zero-order chi connectivity index (χ0) is 19.7. The number of fused-ring (bicyclic) bond motifs is 1. The molecule has 0 aromatic heterocycles. The molecule has 0 spiro atoms. The molecule has 1 atom stereocenters. The van der Waals surface area contributed by atoms with Crippen molar-refractivity contribution in [1.29, 1.82) is 0 Å². The molecule has 4 rings (SSSR count). The van der Waals surface area contributed by atoms with E-state index in [1.165, 1.54) is 18.2 Å². The van der Waals surface area contributed by atoms with Gasteiger partial charge in [-0.05, 0) is 53.6 Å². The predicted octanol–water partition coefficient (Wildman–Crippen LogP) is 5.19. The van der Waals surface area contributed by atoms with Gasteiger partial charge in [0.05, 0.1) is 11.3 Å². The van der Waals surface area contributed by atoms with Gasteiger partial charge >= 0.3 is 5.97 Å². The predicted molar refractivity (Wildman–Crippen MR) is 104 cm³/mol. The highest BCUT2D eigenvalue weighted by atomic mass is 35.5. The molecule has 28 heavy (non-hydrogen) atoms. The fourth-order valence-electron chi connectivity index (χ4n) is 3.16.